The van der Waals surface area contributed by atoms with Gasteiger partial charge in [-0.05, 0) is 49.2 Å². The minimum atomic E-state index is -4.70. The summed E-state index contributed by atoms with van der Waals surface area (Å²) in [4.78, 5) is 16.8. The molecule has 0 aliphatic heterocycles. The highest BCUT2D eigenvalue weighted by molar-refractivity contribution is 7.91. The van der Waals surface area contributed by atoms with Crippen molar-refractivity contribution in [1.82, 2.24) is 9.55 Å². The molecular formula is C21H21F2N3O3S. The van der Waals surface area contributed by atoms with Crippen LogP contribution in [-0.2, 0) is 9.84 Å². The number of nitrogens with zero attached hydrogens (tertiary/aromatic N) is 2. The lowest BCUT2D eigenvalue weighted by Gasteiger charge is -2.25. The van der Waals surface area contributed by atoms with E-state index in [0.717, 1.165) is 48.8 Å². The molecule has 6 nitrogen and oxygen atoms in total. The molecule has 9 heteroatoms. The number of imidazole rings is 1. The number of aromatic nitrogens is 2. The molecule has 1 N–H and O–H groups in total. The molecule has 1 fully saturated rings. The van der Waals surface area contributed by atoms with E-state index in [1.54, 1.807) is 0 Å². The van der Waals surface area contributed by atoms with Gasteiger partial charge in [0.15, 0.2) is 0 Å². The number of nitrogens with one attached hydrogen (secondary N) is 1. The number of sulfone groups is 1. The van der Waals surface area contributed by atoms with Crippen LogP contribution in [0.1, 0.15) is 48.5 Å². The maximum atomic E-state index is 12.8. The zero-order chi connectivity index (χ0) is 21.3. The molecule has 2 aromatic carbocycles. The van der Waals surface area contributed by atoms with Crippen LogP contribution in [0.25, 0.3) is 11.0 Å². The standard InChI is InChI=1S/C21H21F2N3O3S/c22-20(23)30(28,29)16-12-10-14(11-13-16)19(27)25-21-24-17-8-4-5-9-18(17)26(21)15-6-2-1-3-7-15/h4-5,8-13,15,20H,1-3,6-7H2,(H,24,25,27). The fourth-order valence-electron chi connectivity index (χ4n) is 3.91. The van der Waals surface area contributed by atoms with Crippen LogP contribution >= 0.6 is 0 Å². The number of halogens is 2. The number of fused-ring (bicyclic) bond motifs is 1. The van der Waals surface area contributed by atoms with Gasteiger partial charge in [0.05, 0.1) is 15.9 Å². The molecule has 0 radical (unpaired) electrons. The molecule has 0 unspecified atom stereocenters. The molecule has 4 rings (SSSR count). The summed E-state index contributed by atoms with van der Waals surface area (Å²) in [7, 11) is -4.70. The summed E-state index contributed by atoms with van der Waals surface area (Å²) in [5, 5.41) is 2.81. The molecule has 0 bridgehead atoms. The van der Waals surface area contributed by atoms with Crippen LogP contribution in [0, 0.1) is 0 Å². The molecule has 1 aliphatic carbocycles. The minimum Gasteiger partial charge on any atom is -0.307 e. The van der Waals surface area contributed by atoms with E-state index < -0.39 is 26.4 Å². The van der Waals surface area contributed by atoms with Gasteiger partial charge in [-0.2, -0.15) is 8.78 Å². The smallest absolute Gasteiger partial charge is 0.307 e. The second kappa shape index (κ2) is 8.14. The number of carbonyl (C=O) groups excluding carboxylic acids is 1. The summed E-state index contributed by atoms with van der Waals surface area (Å²) in [6.45, 7) is 0. The largest absolute Gasteiger partial charge is 0.341 e. The maximum Gasteiger partial charge on any atom is 0.341 e. The van der Waals surface area contributed by atoms with Gasteiger partial charge in [0.1, 0.15) is 0 Å². The van der Waals surface area contributed by atoms with E-state index in [9.17, 15) is 22.0 Å². The van der Waals surface area contributed by atoms with Crippen molar-refractivity contribution < 1.29 is 22.0 Å². The van der Waals surface area contributed by atoms with Crippen LogP contribution in [0.5, 0.6) is 0 Å². The maximum absolute atomic E-state index is 12.8. The van der Waals surface area contributed by atoms with Gasteiger partial charge in [0.25, 0.3) is 5.91 Å². The molecule has 1 saturated carbocycles. The summed E-state index contributed by atoms with van der Waals surface area (Å²) in [5.74, 6) is -3.56. The quantitative estimate of drug-likeness (QED) is 0.627. The van der Waals surface area contributed by atoms with Crippen molar-refractivity contribution in [2.75, 3.05) is 5.32 Å². The zero-order valence-electron chi connectivity index (χ0n) is 16.1. The van der Waals surface area contributed by atoms with Crippen molar-refractivity contribution in [2.45, 2.75) is 48.8 Å². The number of carbonyl (C=O) groups is 1. The minimum absolute atomic E-state index is 0.158. The first-order valence-corrected chi connectivity index (χ1v) is 11.3. The molecule has 30 heavy (non-hydrogen) atoms. The Hall–Kier alpha value is -2.81. The van der Waals surface area contributed by atoms with Crippen LogP contribution in [0.2, 0.25) is 0 Å². The predicted octanol–water partition coefficient (Wildman–Crippen LogP) is 4.79. The van der Waals surface area contributed by atoms with Gasteiger partial charge in [-0.25, -0.2) is 13.4 Å². The molecule has 0 saturated heterocycles. The highest BCUT2D eigenvalue weighted by Crippen LogP contribution is 2.34. The monoisotopic (exact) mass is 433 g/mol. The summed E-state index contributed by atoms with van der Waals surface area (Å²) in [6.07, 6.45) is 5.43. The number of hydrogen-bond donors (Lipinski definition) is 1. The van der Waals surface area contributed by atoms with Crippen molar-refractivity contribution in [2.24, 2.45) is 0 Å². The Kier molecular flexibility index (Phi) is 5.55. The second-order valence-corrected chi connectivity index (χ2v) is 9.29. The Morgan fingerprint density at radius 1 is 1.03 bits per heavy atom. The van der Waals surface area contributed by atoms with Crippen molar-refractivity contribution >= 4 is 32.7 Å². The number of benzene rings is 2. The van der Waals surface area contributed by atoms with Gasteiger partial charge in [-0.3, -0.25) is 10.1 Å². The third-order valence-electron chi connectivity index (χ3n) is 5.44. The van der Waals surface area contributed by atoms with E-state index in [0.29, 0.717) is 5.95 Å². The molecule has 1 aliphatic rings. The first-order valence-electron chi connectivity index (χ1n) is 9.78. The first-order chi connectivity index (χ1) is 14.4. The third-order valence-corrected chi connectivity index (χ3v) is 6.84. The molecule has 158 valence electrons. The molecular weight excluding hydrogens is 412 g/mol. The summed E-state index contributed by atoms with van der Waals surface area (Å²) >= 11 is 0. The summed E-state index contributed by atoms with van der Waals surface area (Å²) in [6, 6.07) is 12.4. The van der Waals surface area contributed by atoms with Gasteiger partial charge in [-0.15, -0.1) is 0 Å². The normalized spacial score (nSPS) is 15.6. The fourth-order valence-corrected chi connectivity index (χ4v) is 4.64. The van der Waals surface area contributed by atoms with Crippen molar-refractivity contribution in [3.8, 4) is 0 Å². The molecule has 1 aromatic heterocycles. The van der Waals surface area contributed by atoms with Crippen LogP contribution in [0.4, 0.5) is 14.7 Å². The Morgan fingerprint density at radius 3 is 2.37 bits per heavy atom. The lowest BCUT2D eigenvalue weighted by Crippen LogP contribution is -2.20. The van der Waals surface area contributed by atoms with E-state index in [4.69, 9.17) is 0 Å². The van der Waals surface area contributed by atoms with Gasteiger partial charge in [0.2, 0.25) is 15.8 Å². The number of anilines is 1. The van der Waals surface area contributed by atoms with Crippen molar-refractivity contribution in [1.29, 1.82) is 0 Å². The molecule has 0 spiro atoms. The molecule has 3 aromatic rings. The first kappa shape index (κ1) is 20.5. The average molecular weight is 433 g/mol. The predicted molar refractivity (Wildman–Crippen MR) is 109 cm³/mol. The highest BCUT2D eigenvalue weighted by atomic mass is 32.2. The number of rotatable bonds is 5. The Bertz CT molecular complexity index is 1170. The zero-order valence-corrected chi connectivity index (χ0v) is 16.9. The highest BCUT2D eigenvalue weighted by Gasteiger charge is 2.27. The topological polar surface area (TPSA) is 81.1 Å². The van der Waals surface area contributed by atoms with E-state index >= 15 is 0 Å². The van der Waals surface area contributed by atoms with Crippen molar-refractivity contribution in [3.63, 3.8) is 0 Å². The molecule has 0 atom stereocenters. The summed E-state index contributed by atoms with van der Waals surface area (Å²) < 4.78 is 50.6. The van der Waals surface area contributed by atoms with Crippen LogP contribution in [0.15, 0.2) is 53.4 Å². The van der Waals surface area contributed by atoms with Gasteiger partial charge < -0.3 is 4.57 Å². The molecule has 1 heterocycles. The van der Waals surface area contributed by atoms with Gasteiger partial charge in [-0.1, -0.05) is 31.4 Å². The van der Waals surface area contributed by atoms with Crippen molar-refractivity contribution in [3.05, 3.63) is 54.1 Å². The number of hydrogen-bond acceptors (Lipinski definition) is 4. The lowest BCUT2D eigenvalue weighted by molar-refractivity contribution is 0.102. The SMILES string of the molecule is O=C(Nc1nc2ccccc2n1C1CCCCC1)c1ccc(S(=O)(=O)C(F)F)cc1. The average Bonchev–Trinajstić information content (AvgIpc) is 3.12. The Morgan fingerprint density at radius 2 is 1.70 bits per heavy atom. The third kappa shape index (κ3) is 3.81. The number of amides is 1. The van der Waals surface area contributed by atoms with Gasteiger partial charge in [0, 0.05) is 11.6 Å². The summed E-state index contributed by atoms with van der Waals surface area (Å²) in [5.41, 5.74) is 1.88. The van der Waals surface area contributed by atoms with Crippen LogP contribution in [-0.4, -0.2) is 29.6 Å². The van der Waals surface area contributed by atoms with Crippen LogP contribution < -0.4 is 5.32 Å². The molecule has 1 amide bonds. The van der Waals surface area contributed by atoms with Gasteiger partial charge >= 0.3 is 5.76 Å². The number of alkyl halides is 2. The van der Waals surface area contributed by atoms with Crippen LogP contribution in [0.3, 0.4) is 0 Å². The van der Waals surface area contributed by atoms with E-state index in [-0.39, 0.29) is 11.6 Å². The Balaban J connectivity index is 1.63. The van der Waals surface area contributed by atoms with E-state index in [2.05, 4.69) is 14.9 Å². The van der Waals surface area contributed by atoms with E-state index in [1.165, 1.54) is 18.6 Å². The van der Waals surface area contributed by atoms with E-state index in [1.807, 2.05) is 24.3 Å². The fraction of sp³-hybridized carbons (Fsp3) is 0.333. The second-order valence-electron chi connectivity index (χ2n) is 7.37. The Labute approximate surface area is 172 Å². The number of para-hydroxylation sites is 2. The lowest BCUT2D eigenvalue weighted by atomic mass is 9.95.